The molecular weight excluding hydrogens is 407 g/mol. The number of piperidine rings is 1. The highest BCUT2D eigenvalue weighted by molar-refractivity contribution is 6.11. The van der Waals surface area contributed by atoms with Crippen molar-refractivity contribution in [1.82, 2.24) is 24.7 Å². The summed E-state index contributed by atoms with van der Waals surface area (Å²) < 4.78 is 16.0. The van der Waals surface area contributed by atoms with E-state index in [0.29, 0.717) is 33.9 Å². The molecule has 1 spiro atoms. The second-order valence-electron chi connectivity index (χ2n) is 9.00. The van der Waals surface area contributed by atoms with Gasteiger partial charge in [-0.15, -0.1) is 0 Å². The first-order chi connectivity index (χ1) is 15.5. The number of carbonyl (C=O) groups excluding carboxylic acids is 1. The van der Waals surface area contributed by atoms with Crippen LogP contribution in [0.25, 0.3) is 16.7 Å². The standard InChI is InChI=1S/C24H23FN6O/c1-14-12-31-13-16(10-19(25)22(31)29-14)30-23(32)18-3-2-17(20-21(18)27-9-8-26-20)15-4-7-28-24(11-15)5-6-24/h2-3,8-10,12-13,15,28H,4-7,11H2,1H3,(H,30,32). The van der Waals surface area contributed by atoms with Gasteiger partial charge < -0.3 is 15.0 Å². The number of fused-ring (bicyclic) bond motifs is 2. The number of aromatic nitrogens is 4. The summed E-state index contributed by atoms with van der Waals surface area (Å²) in [7, 11) is 0. The van der Waals surface area contributed by atoms with Crippen LogP contribution in [0.4, 0.5) is 10.1 Å². The molecule has 1 unspecified atom stereocenters. The summed E-state index contributed by atoms with van der Waals surface area (Å²) in [6, 6.07) is 5.12. The van der Waals surface area contributed by atoms with Crippen LogP contribution in [-0.4, -0.2) is 37.3 Å². The topological polar surface area (TPSA) is 84.2 Å². The molecule has 2 aliphatic rings. The van der Waals surface area contributed by atoms with Crippen LogP contribution in [0.15, 0.2) is 43.0 Å². The second kappa shape index (κ2) is 7.06. The molecule has 1 saturated heterocycles. The Kier molecular flexibility index (Phi) is 4.26. The SMILES string of the molecule is Cc1cn2cc(NC(=O)c3ccc(C4CCNC5(CC5)C4)c4nccnc34)cc(F)c2n1. The summed E-state index contributed by atoms with van der Waals surface area (Å²) in [5, 5.41) is 6.46. The van der Waals surface area contributed by atoms with Gasteiger partial charge >= 0.3 is 0 Å². The van der Waals surface area contributed by atoms with E-state index in [1.165, 1.54) is 18.9 Å². The van der Waals surface area contributed by atoms with Gasteiger partial charge in [0.1, 0.15) is 5.52 Å². The first-order valence-corrected chi connectivity index (χ1v) is 11.0. The zero-order valence-corrected chi connectivity index (χ0v) is 17.7. The maximum atomic E-state index is 14.4. The fourth-order valence-electron chi connectivity index (χ4n) is 4.99. The number of nitrogens with one attached hydrogen (secondary N) is 2. The van der Waals surface area contributed by atoms with Gasteiger partial charge in [0.2, 0.25) is 0 Å². The van der Waals surface area contributed by atoms with Gasteiger partial charge in [0.05, 0.1) is 22.5 Å². The largest absolute Gasteiger partial charge is 0.320 e. The predicted molar refractivity (Wildman–Crippen MR) is 119 cm³/mol. The van der Waals surface area contributed by atoms with E-state index in [9.17, 15) is 9.18 Å². The Bertz CT molecular complexity index is 1380. The van der Waals surface area contributed by atoms with Crippen LogP contribution in [0.3, 0.4) is 0 Å². The van der Waals surface area contributed by atoms with E-state index in [4.69, 9.17) is 0 Å². The van der Waals surface area contributed by atoms with Crippen molar-refractivity contribution in [3.63, 3.8) is 0 Å². The lowest BCUT2D eigenvalue weighted by molar-refractivity contribution is 0.102. The lowest BCUT2D eigenvalue weighted by Gasteiger charge is -2.31. The summed E-state index contributed by atoms with van der Waals surface area (Å²) in [5.74, 6) is -0.437. The number of rotatable bonds is 3. The van der Waals surface area contributed by atoms with E-state index in [-0.39, 0.29) is 11.6 Å². The first-order valence-electron chi connectivity index (χ1n) is 11.0. The van der Waals surface area contributed by atoms with Gasteiger partial charge in [-0.2, -0.15) is 0 Å². The molecule has 1 saturated carbocycles. The molecule has 1 aliphatic carbocycles. The molecule has 32 heavy (non-hydrogen) atoms. The minimum atomic E-state index is -0.490. The Morgan fingerprint density at radius 2 is 2.03 bits per heavy atom. The predicted octanol–water partition coefficient (Wildman–Crippen LogP) is 3.98. The van der Waals surface area contributed by atoms with Crippen molar-refractivity contribution in [3.05, 3.63) is 65.6 Å². The van der Waals surface area contributed by atoms with E-state index in [2.05, 4.69) is 25.6 Å². The molecular formula is C24H23FN6O. The average molecular weight is 430 g/mol. The van der Waals surface area contributed by atoms with Gasteiger partial charge in [0.15, 0.2) is 11.5 Å². The number of amides is 1. The monoisotopic (exact) mass is 430 g/mol. The Labute approximate surface area is 184 Å². The fourth-order valence-corrected chi connectivity index (χ4v) is 4.99. The zero-order chi connectivity index (χ0) is 21.9. The number of anilines is 1. The number of hydrogen-bond donors (Lipinski definition) is 2. The van der Waals surface area contributed by atoms with Crippen LogP contribution in [0.2, 0.25) is 0 Å². The van der Waals surface area contributed by atoms with E-state index < -0.39 is 5.82 Å². The van der Waals surface area contributed by atoms with Gasteiger partial charge in [-0.05, 0) is 56.7 Å². The number of halogens is 1. The molecule has 2 N–H and O–H groups in total. The van der Waals surface area contributed by atoms with Crippen molar-refractivity contribution in [1.29, 1.82) is 0 Å². The molecule has 1 aromatic carbocycles. The van der Waals surface area contributed by atoms with Crippen LogP contribution in [0.5, 0.6) is 0 Å². The van der Waals surface area contributed by atoms with E-state index in [0.717, 1.165) is 30.5 Å². The van der Waals surface area contributed by atoms with Crippen LogP contribution < -0.4 is 10.6 Å². The highest BCUT2D eigenvalue weighted by atomic mass is 19.1. The number of carbonyl (C=O) groups is 1. The summed E-state index contributed by atoms with van der Waals surface area (Å²) in [4.78, 5) is 26.4. The minimum absolute atomic E-state index is 0.233. The van der Waals surface area contributed by atoms with Gasteiger partial charge in [-0.3, -0.25) is 14.8 Å². The Balaban J connectivity index is 1.35. The molecule has 1 amide bonds. The molecule has 3 aromatic heterocycles. The maximum Gasteiger partial charge on any atom is 0.257 e. The first kappa shape index (κ1) is 19.3. The number of nitrogens with zero attached hydrogens (tertiary/aromatic N) is 4. The fraction of sp³-hybridized carbons (Fsp3) is 0.333. The summed E-state index contributed by atoms with van der Waals surface area (Å²) in [5.41, 5.74) is 4.51. The molecule has 7 nitrogen and oxygen atoms in total. The Morgan fingerprint density at radius 3 is 2.84 bits per heavy atom. The molecule has 0 bridgehead atoms. The van der Waals surface area contributed by atoms with Crippen molar-refractivity contribution < 1.29 is 9.18 Å². The van der Waals surface area contributed by atoms with Gasteiger partial charge in [0.25, 0.3) is 5.91 Å². The highest BCUT2D eigenvalue weighted by Crippen LogP contribution is 2.47. The summed E-state index contributed by atoms with van der Waals surface area (Å²) >= 11 is 0. The van der Waals surface area contributed by atoms with Crippen LogP contribution in [0.1, 0.15) is 53.2 Å². The van der Waals surface area contributed by atoms with Crippen molar-refractivity contribution in [2.24, 2.45) is 0 Å². The minimum Gasteiger partial charge on any atom is -0.320 e. The third kappa shape index (κ3) is 3.22. The van der Waals surface area contributed by atoms with Crippen molar-refractivity contribution >= 4 is 28.3 Å². The molecule has 1 aliphatic heterocycles. The van der Waals surface area contributed by atoms with Crippen LogP contribution in [0, 0.1) is 12.7 Å². The molecule has 4 heterocycles. The van der Waals surface area contributed by atoms with Crippen LogP contribution in [-0.2, 0) is 0 Å². The molecule has 162 valence electrons. The maximum absolute atomic E-state index is 14.4. The smallest absolute Gasteiger partial charge is 0.257 e. The van der Waals surface area contributed by atoms with Gasteiger partial charge in [-0.1, -0.05) is 6.07 Å². The number of aryl methyl sites for hydroxylation is 1. The van der Waals surface area contributed by atoms with Crippen molar-refractivity contribution in [2.75, 3.05) is 11.9 Å². The number of pyridine rings is 1. The molecule has 2 fully saturated rings. The number of imidazole rings is 1. The van der Waals surface area contributed by atoms with Crippen LogP contribution >= 0.6 is 0 Å². The molecule has 4 aromatic rings. The van der Waals surface area contributed by atoms with Crippen molar-refractivity contribution in [3.8, 4) is 0 Å². The van der Waals surface area contributed by atoms with E-state index in [1.807, 2.05) is 12.1 Å². The van der Waals surface area contributed by atoms with E-state index >= 15 is 0 Å². The van der Waals surface area contributed by atoms with Crippen molar-refractivity contribution in [2.45, 2.75) is 44.1 Å². The lowest BCUT2D eigenvalue weighted by atomic mass is 9.84. The molecule has 1 atom stereocenters. The van der Waals surface area contributed by atoms with Gasteiger partial charge in [-0.25, -0.2) is 9.37 Å². The zero-order valence-electron chi connectivity index (χ0n) is 17.7. The number of benzene rings is 1. The summed E-state index contributed by atoms with van der Waals surface area (Å²) in [6.45, 7) is 2.79. The van der Waals surface area contributed by atoms with Gasteiger partial charge in [0, 0.05) is 36.4 Å². The average Bonchev–Trinajstić information content (AvgIpc) is 3.41. The molecule has 8 heteroatoms. The normalized spacial score (nSPS) is 19.5. The third-order valence-corrected chi connectivity index (χ3v) is 6.71. The quantitative estimate of drug-likeness (QED) is 0.514. The molecule has 0 radical (unpaired) electrons. The second-order valence-corrected chi connectivity index (χ2v) is 9.00. The summed E-state index contributed by atoms with van der Waals surface area (Å²) in [6.07, 6.45) is 11.2. The highest BCUT2D eigenvalue weighted by Gasteiger charge is 2.46. The Hall–Kier alpha value is -3.39. The molecule has 6 rings (SSSR count). The third-order valence-electron chi connectivity index (χ3n) is 6.71. The lowest BCUT2D eigenvalue weighted by Crippen LogP contribution is -2.39. The Morgan fingerprint density at radius 1 is 1.22 bits per heavy atom. The number of hydrogen-bond acceptors (Lipinski definition) is 5. The van der Waals surface area contributed by atoms with E-state index in [1.54, 1.807) is 36.1 Å².